The lowest BCUT2D eigenvalue weighted by Gasteiger charge is -2.18. The van der Waals surface area contributed by atoms with Crippen molar-refractivity contribution in [2.24, 2.45) is 0 Å². The van der Waals surface area contributed by atoms with E-state index in [0.29, 0.717) is 11.3 Å². The standard InChI is InChI=1S/C18H19BrN2O2/c1-23-17-8-7-13(19)11-16(17)18(22)20-14-5-4-6-15(12-14)21-9-2-3-10-21/h4-8,11-12H,2-3,9-10H2,1H3,(H,20,22). The minimum absolute atomic E-state index is 0.179. The average molecular weight is 375 g/mol. The van der Waals surface area contributed by atoms with E-state index in [-0.39, 0.29) is 5.91 Å². The van der Waals surface area contributed by atoms with E-state index in [9.17, 15) is 4.79 Å². The first kappa shape index (κ1) is 15.9. The Labute approximate surface area is 144 Å². The molecule has 5 heteroatoms. The lowest BCUT2D eigenvalue weighted by atomic mass is 10.1. The quantitative estimate of drug-likeness (QED) is 0.866. The maximum absolute atomic E-state index is 12.6. The number of methoxy groups -OCH3 is 1. The minimum atomic E-state index is -0.179. The molecule has 1 aliphatic heterocycles. The number of nitrogens with one attached hydrogen (secondary N) is 1. The number of carbonyl (C=O) groups is 1. The molecule has 0 unspecified atom stereocenters. The zero-order chi connectivity index (χ0) is 16.2. The Hall–Kier alpha value is -2.01. The van der Waals surface area contributed by atoms with E-state index in [1.165, 1.54) is 12.8 Å². The van der Waals surface area contributed by atoms with Crippen LogP contribution in [-0.2, 0) is 0 Å². The first-order valence-corrected chi connectivity index (χ1v) is 8.46. The van der Waals surface area contributed by atoms with Gasteiger partial charge in [-0.05, 0) is 49.2 Å². The van der Waals surface area contributed by atoms with E-state index in [0.717, 1.165) is 28.9 Å². The van der Waals surface area contributed by atoms with Crippen LogP contribution in [0.25, 0.3) is 0 Å². The Bertz CT molecular complexity index is 712. The van der Waals surface area contributed by atoms with Crippen LogP contribution in [-0.4, -0.2) is 26.1 Å². The van der Waals surface area contributed by atoms with Crippen LogP contribution in [0.15, 0.2) is 46.9 Å². The Morgan fingerprint density at radius 3 is 2.70 bits per heavy atom. The molecule has 120 valence electrons. The largest absolute Gasteiger partial charge is 0.496 e. The summed E-state index contributed by atoms with van der Waals surface area (Å²) in [7, 11) is 1.56. The fourth-order valence-electron chi connectivity index (χ4n) is 2.81. The van der Waals surface area contributed by atoms with Gasteiger partial charge in [-0.3, -0.25) is 4.79 Å². The second kappa shape index (κ2) is 7.04. The number of hydrogen-bond donors (Lipinski definition) is 1. The van der Waals surface area contributed by atoms with Crippen molar-refractivity contribution in [1.29, 1.82) is 0 Å². The van der Waals surface area contributed by atoms with Crippen molar-refractivity contribution in [3.63, 3.8) is 0 Å². The lowest BCUT2D eigenvalue weighted by molar-refractivity contribution is 0.102. The molecule has 1 N–H and O–H groups in total. The van der Waals surface area contributed by atoms with Gasteiger partial charge in [-0.15, -0.1) is 0 Å². The minimum Gasteiger partial charge on any atom is -0.496 e. The molecule has 0 spiro atoms. The predicted molar refractivity (Wildman–Crippen MR) is 96.5 cm³/mol. The highest BCUT2D eigenvalue weighted by Gasteiger charge is 2.15. The number of amides is 1. The molecule has 2 aromatic rings. The third-order valence-electron chi connectivity index (χ3n) is 3.98. The number of ether oxygens (including phenoxy) is 1. The van der Waals surface area contributed by atoms with E-state index in [2.05, 4.69) is 32.2 Å². The summed E-state index contributed by atoms with van der Waals surface area (Å²) in [6.07, 6.45) is 2.46. The van der Waals surface area contributed by atoms with Gasteiger partial charge < -0.3 is 15.0 Å². The van der Waals surface area contributed by atoms with Gasteiger partial charge in [0.2, 0.25) is 0 Å². The van der Waals surface area contributed by atoms with Gasteiger partial charge in [0.25, 0.3) is 5.91 Å². The summed E-state index contributed by atoms with van der Waals surface area (Å²) in [4.78, 5) is 14.9. The van der Waals surface area contributed by atoms with E-state index in [4.69, 9.17) is 4.74 Å². The maximum Gasteiger partial charge on any atom is 0.259 e. The number of rotatable bonds is 4. The Balaban J connectivity index is 1.80. The van der Waals surface area contributed by atoms with Gasteiger partial charge in [0.15, 0.2) is 0 Å². The molecule has 2 aromatic carbocycles. The molecule has 0 saturated carbocycles. The van der Waals surface area contributed by atoms with Crippen molar-refractivity contribution >= 4 is 33.2 Å². The van der Waals surface area contributed by atoms with Crippen molar-refractivity contribution in [2.45, 2.75) is 12.8 Å². The molecular formula is C18H19BrN2O2. The molecule has 1 aliphatic rings. The van der Waals surface area contributed by atoms with Crippen LogP contribution in [0.3, 0.4) is 0 Å². The molecule has 3 rings (SSSR count). The summed E-state index contributed by atoms with van der Waals surface area (Å²) >= 11 is 3.39. The topological polar surface area (TPSA) is 41.6 Å². The number of carbonyl (C=O) groups excluding carboxylic acids is 1. The van der Waals surface area contributed by atoms with Crippen molar-refractivity contribution in [1.82, 2.24) is 0 Å². The van der Waals surface area contributed by atoms with Crippen molar-refractivity contribution in [3.05, 3.63) is 52.5 Å². The van der Waals surface area contributed by atoms with E-state index >= 15 is 0 Å². The normalized spacial score (nSPS) is 13.9. The highest BCUT2D eigenvalue weighted by Crippen LogP contribution is 2.26. The van der Waals surface area contributed by atoms with Gasteiger partial charge >= 0.3 is 0 Å². The second-order valence-electron chi connectivity index (χ2n) is 5.54. The third kappa shape index (κ3) is 3.67. The Morgan fingerprint density at radius 2 is 1.96 bits per heavy atom. The van der Waals surface area contributed by atoms with Crippen LogP contribution < -0.4 is 15.0 Å². The summed E-state index contributed by atoms with van der Waals surface area (Å²) in [6.45, 7) is 2.16. The summed E-state index contributed by atoms with van der Waals surface area (Å²) < 4.78 is 6.12. The van der Waals surface area contributed by atoms with E-state index in [1.54, 1.807) is 19.2 Å². The molecule has 0 aromatic heterocycles. The monoisotopic (exact) mass is 374 g/mol. The predicted octanol–water partition coefficient (Wildman–Crippen LogP) is 4.31. The third-order valence-corrected chi connectivity index (χ3v) is 4.47. The van der Waals surface area contributed by atoms with Gasteiger partial charge in [-0.25, -0.2) is 0 Å². The first-order chi connectivity index (χ1) is 11.2. The molecule has 0 atom stereocenters. The highest BCUT2D eigenvalue weighted by atomic mass is 79.9. The first-order valence-electron chi connectivity index (χ1n) is 7.67. The van der Waals surface area contributed by atoms with Gasteiger partial charge in [0.05, 0.1) is 12.7 Å². The molecule has 4 nitrogen and oxygen atoms in total. The van der Waals surface area contributed by atoms with Gasteiger partial charge in [0.1, 0.15) is 5.75 Å². The highest BCUT2D eigenvalue weighted by molar-refractivity contribution is 9.10. The van der Waals surface area contributed by atoms with Crippen molar-refractivity contribution in [2.75, 3.05) is 30.4 Å². The molecule has 1 fully saturated rings. The van der Waals surface area contributed by atoms with Gasteiger partial charge in [-0.1, -0.05) is 22.0 Å². The zero-order valence-corrected chi connectivity index (χ0v) is 14.6. The SMILES string of the molecule is COc1ccc(Br)cc1C(=O)Nc1cccc(N2CCCC2)c1. The molecule has 1 amide bonds. The van der Waals surface area contributed by atoms with Crippen LogP contribution in [0, 0.1) is 0 Å². The number of hydrogen-bond acceptors (Lipinski definition) is 3. The summed E-state index contributed by atoms with van der Waals surface area (Å²) in [6, 6.07) is 13.4. The molecule has 0 aliphatic carbocycles. The van der Waals surface area contributed by atoms with Crippen molar-refractivity contribution < 1.29 is 9.53 Å². The number of halogens is 1. The molecule has 1 heterocycles. The van der Waals surface area contributed by atoms with Crippen LogP contribution in [0.2, 0.25) is 0 Å². The molecular weight excluding hydrogens is 356 g/mol. The Kier molecular flexibility index (Phi) is 4.86. The summed E-state index contributed by atoms with van der Waals surface area (Å²) in [5, 5.41) is 2.96. The molecule has 0 radical (unpaired) electrons. The van der Waals surface area contributed by atoms with Gasteiger partial charge in [-0.2, -0.15) is 0 Å². The zero-order valence-electron chi connectivity index (χ0n) is 13.0. The Morgan fingerprint density at radius 1 is 1.17 bits per heavy atom. The van der Waals surface area contributed by atoms with E-state index in [1.807, 2.05) is 24.3 Å². The molecule has 23 heavy (non-hydrogen) atoms. The maximum atomic E-state index is 12.6. The van der Waals surface area contributed by atoms with E-state index < -0.39 is 0 Å². The lowest BCUT2D eigenvalue weighted by Crippen LogP contribution is -2.18. The van der Waals surface area contributed by atoms with Crippen molar-refractivity contribution in [3.8, 4) is 5.75 Å². The van der Waals surface area contributed by atoms with Crippen LogP contribution in [0.5, 0.6) is 5.75 Å². The number of benzene rings is 2. The molecule has 0 bridgehead atoms. The van der Waals surface area contributed by atoms with Crippen LogP contribution in [0.1, 0.15) is 23.2 Å². The summed E-state index contributed by atoms with van der Waals surface area (Å²) in [5.41, 5.74) is 2.45. The summed E-state index contributed by atoms with van der Waals surface area (Å²) in [5.74, 6) is 0.378. The number of nitrogens with zero attached hydrogens (tertiary/aromatic N) is 1. The fourth-order valence-corrected chi connectivity index (χ4v) is 3.17. The van der Waals surface area contributed by atoms with Crippen LogP contribution >= 0.6 is 15.9 Å². The second-order valence-corrected chi connectivity index (χ2v) is 6.46. The number of anilines is 2. The van der Waals surface area contributed by atoms with Crippen LogP contribution in [0.4, 0.5) is 11.4 Å². The molecule has 1 saturated heterocycles. The smallest absolute Gasteiger partial charge is 0.259 e. The fraction of sp³-hybridized carbons (Fsp3) is 0.278. The average Bonchev–Trinajstić information content (AvgIpc) is 3.09. The van der Waals surface area contributed by atoms with Gasteiger partial charge in [0, 0.05) is 28.9 Å².